The van der Waals surface area contributed by atoms with E-state index in [-0.39, 0.29) is 18.9 Å². The van der Waals surface area contributed by atoms with Gasteiger partial charge in [0, 0.05) is 12.0 Å². The average Bonchev–Trinajstić information content (AvgIpc) is 2.79. The minimum atomic E-state index is -1.68. The Kier molecular flexibility index (Phi) is 8.84. The first-order chi connectivity index (χ1) is 15.2. The molecule has 0 aliphatic heterocycles. The fraction of sp³-hybridized carbons (Fsp3) is 0.296. The van der Waals surface area contributed by atoms with Gasteiger partial charge in [0.05, 0.1) is 13.7 Å². The maximum absolute atomic E-state index is 13.7. The molecule has 2 aromatic carbocycles. The van der Waals surface area contributed by atoms with E-state index < -0.39 is 19.6 Å². The minimum Gasteiger partial charge on any atom is -0.467 e. The van der Waals surface area contributed by atoms with Crippen LogP contribution in [0.25, 0.3) is 0 Å². The number of benzene rings is 2. The highest BCUT2D eigenvalue weighted by molar-refractivity contribution is 6.83. The molecule has 0 aliphatic rings. The molecule has 0 radical (unpaired) electrons. The van der Waals surface area contributed by atoms with Crippen LogP contribution in [0.3, 0.4) is 0 Å². The van der Waals surface area contributed by atoms with Gasteiger partial charge in [-0.25, -0.2) is 4.79 Å². The van der Waals surface area contributed by atoms with Gasteiger partial charge in [0.25, 0.3) is 5.91 Å². The van der Waals surface area contributed by atoms with E-state index >= 15 is 0 Å². The Labute approximate surface area is 192 Å². The third-order valence-corrected chi connectivity index (χ3v) is 5.72. The van der Waals surface area contributed by atoms with Crippen molar-refractivity contribution >= 4 is 20.0 Å². The van der Waals surface area contributed by atoms with Gasteiger partial charge in [-0.05, 0) is 36.8 Å². The SMILES string of the molecule is CC=C=C[C@@](Cc1ccccc1)(C(=O)OC)N(CC#C[Si](C)(C)C)C(=O)c1ccccc1. The van der Waals surface area contributed by atoms with Crippen LogP contribution in [-0.4, -0.2) is 44.0 Å². The summed E-state index contributed by atoms with van der Waals surface area (Å²) in [5.74, 6) is 2.35. The first-order valence-corrected chi connectivity index (χ1v) is 14.1. The van der Waals surface area contributed by atoms with Crippen molar-refractivity contribution in [3.8, 4) is 11.5 Å². The molecule has 32 heavy (non-hydrogen) atoms. The molecule has 0 N–H and O–H groups in total. The van der Waals surface area contributed by atoms with Crippen LogP contribution in [0, 0.1) is 11.5 Å². The number of esters is 1. The molecule has 2 rings (SSSR count). The summed E-state index contributed by atoms with van der Waals surface area (Å²) in [6.07, 6.45) is 3.58. The predicted molar refractivity (Wildman–Crippen MR) is 132 cm³/mol. The number of carbonyl (C=O) groups is 2. The molecule has 1 amide bonds. The van der Waals surface area contributed by atoms with Crippen LogP contribution in [-0.2, 0) is 16.0 Å². The van der Waals surface area contributed by atoms with E-state index in [1.54, 1.807) is 36.4 Å². The summed E-state index contributed by atoms with van der Waals surface area (Å²) in [4.78, 5) is 28.6. The highest BCUT2D eigenvalue weighted by atomic mass is 28.3. The van der Waals surface area contributed by atoms with E-state index in [2.05, 4.69) is 36.8 Å². The second kappa shape index (κ2) is 11.3. The van der Waals surface area contributed by atoms with Gasteiger partial charge in [-0.1, -0.05) is 74.1 Å². The summed E-state index contributed by atoms with van der Waals surface area (Å²) in [5, 5.41) is 0. The van der Waals surface area contributed by atoms with Gasteiger partial charge in [-0.3, -0.25) is 4.79 Å². The maximum atomic E-state index is 13.7. The van der Waals surface area contributed by atoms with Gasteiger partial charge in [-0.2, -0.15) is 0 Å². The number of amides is 1. The number of hydrogen-bond acceptors (Lipinski definition) is 3. The zero-order valence-corrected chi connectivity index (χ0v) is 20.5. The molecule has 0 aliphatic carbocycles. The molecular weight excluding hydrogens is 414 g/mol. The van der Waals surface area contributed by atoms with Crippen molar-refractivity contribution in [1.82, 2.24) is 4.90 Å². The zero-order valence-electron chi connectivity index (χ0n) is 19.5. The maximum Gasteiger partial charge on any atom is 0.336 e. The molecule has 0 spiro atoms. The Morgan fingerprint density at radius 2 is 1.62 bits per heavy atom. The van der Waals surface area contributed by atoms with Gasteiger partial charge < -0.3 is 9.64 Å². The van der Waals surface area contributed by atoms with E-state index in [0.29, 0.717) is 5.56 Å². The fourth-order valence-corrected chi connectivity index (χ4v) is 3.89. The molecule has 166 valence electrons. The van der Waals surface area contributed by atoms with Gasteiger partial charge in [-0.15, -0.1) is 11.3 Å². The van der Waals surface area contributed by atoms with Crippen molar-refractivity contribution < 1.29 is 14.3 Å². The van der Waals surface area contributed by atoms with Crippen molar-refractivity contribution in [2.24, 2.45) is 0 Å². The topological polar surface area (TPSA) is 46.6 Å². The van der Waals surface area contributed by atoms with Gasteiger partial charge in [0.15, 0.2) is 5.54 Å². The second-order valence-electron chi connectivity index (χ2n) is 8.49. The lowest BCUT2D eigenvalue weighted by Gasteiger charge is -2.38. The van der Waals surface area contributed by atoms with Crippen molar-refractivity contribution in [3.63, 3.8) is 0 Å². The molecule has 0 unspecified atom stereocenters. The van der Waals surface area contributed by atoms with Crippen LogP contribution in [0.4, 0.5) is 0 Å². The van der Waals surface area contributed by atoms with Crippen LogP contribution in [0.15, 0.2) is 78.5 Å². The number of methoxy groups -OCH3 is 1. The van der Waals surface area contributed by atoms with Crippen LogP contribution in [0.2, 0.25) is 19.6 Å². The first kappa shape index (κ1) is 24.9. The summed E-state index contributed by atoms with van der Waals surface area (Å²) in [6.45, 7) is 8.33. The molecule has 0 heterocycles. The molecule has 0 saturated heterocycles. The minimum absolute atomic E-state index is 0.0990. The van der Waals surface area contributed by atoms with E-state index in [4.69, 9.17) is 4.74 Å². The highest BCUT2D eigenvalue weighted by Crippen LogP contribution is 2.27. The normalized spacial score (nSPS) is 12.3. The standard InChI is InChI=1S/C27H31NO3Si/c1-6-7-19-27(26(30)31-2,22-23-15-10-8-11-16-23)28(20-14-21-32(3,4)5)25(29)24-17-12-9-13-18-24/h6,8-13,15-19H,20,22H2,1-5H3/t7?,27-/m1/s1. The zero-order chi connectivity index (χ0) is 23.6. The summed E-state index contributed by atoms with van der Waals surface area (Å²) in [7, 11) is -0.342. The Balaban J connectivity index is 2.72. The Bertz CT molecular complexity index is 1040. The summed E-state index contributed by atoms with van der Waals surface area (Å²) >= 11 is 0. The number of rotatable bonds is 7. The fourth-order valence-electron chi connectivity index (χ4n) is 3.29. The summed E-state index contributed by atoms with van der Waals surface area (Å²) in [6, 6.07) is 18.5. The molecule has 2 aromatic rings. The quantitative estimate of drug-likeness (QED) is 0.264. The number of hydrogen-bond donors (Lipinski definition) is 0. The van der Waals surface area contributed by atoms with Gasteiger partial charge in [0.2, 0.25) is 0 Å². The molecule has 4 nitrogen and oxygen atoms in total. The Hall–Kier alpha value is -3.32. The van der Waals surface area contributed by atoms with Gasteiger partial charge >= 0.3 is 5.97 Å². The third kappa shape index (κ3) is 6.59. The lowest BCUT2D eigenvalue weighted by atomic mass is 9.87. The lowest BCUT2D eigenvalue weighted by Crippen LogP contribution is -2.58. The molecular formula is C27H31NO3Si. The van der Waals surface area contributed by atoms with Crippen LogP contribution < -0.4 is 0 Å². The molecule has 0 fully saturated rings. The lowest BCUT2D eigenvalue weighted by molar-refractivity contribution is -0.150. The van der Waals surface area contributed by atoms with Gasteiger partial charge in [0.1, 0.15) is 8.07 Å². The Morgan fingerprint density at radius 3 is 2.16 bits per heavy atom. The summed E-state index contributed by atoms with van der Waals surface area (Å²) < 4.78 is 5.24. The van der Waals surface area contributed by atoms with E-state index in [1.807, 2.05) is 43.3 Å². The van der Waals surface area contributed by atoms with Crippen LogP contribution >= 0.6 is 0 Å². The van der Waals surface area contributed by atoms with Crippen molar-refractivity contribution in [1.29, 1.82) is 0 Å². The van der Waals surface area contributed by atoms with Crippen molar-refractivity contribution in [3.05, 3.63) is 89.7 Å². The molecule has 0 saturated carbocycles. The molecule has 5 heteroatoms. The van der Waals surface area contributed by atoms with E-state index in [9.17, 15) is 9.59 Å². The van der Waals surface area contributed by atoms with Crippen molar-refractivity contribution in [2.45, 2.75) is 38.5 Å². The van der Waals surface area contributed by atoms with Crippen molar-refractivity contribution in [2.75, 3.05) is 13.7 Å². The highest BCUT2D eigenvalue weighted by Gasteiger charge is 2.46. The second-order valence-corrected chi connectivity index (χ2v) is 13.2. The summed E-state index contributed by atoms with van der Waals surface area (Å²) in [5.41, 5.74) is 6.33. The largest absolute Gasteiger partial charge is 0.467 e. The van der Waals surface area contributed by atoms with Crippen LogP contribution in [0.5, 0.6) is 0 Å². The number of ether oxygens (including phenoxy) is 1. The molecule has 0 aromatic heterocycles. The third-order valence-electron chi connectivity index (χ3n) is 4.79. The molecule has 1 atom stereocenters. The number of carbonyl (C=O) groups excluding carboxylic acids is 2. The monoisotopic (exact) mass is 445 g/mol. The van der Waals surface area contributed by atoms with E-state index in [1.165, 1.54) is 12.0 Å². The Morgan fingerprint density at radius 1 is 1.03 bits per heavy atom. The predicted octanol–water partition coefficient (Wildman–Crippen LogP) is 4.90. The van der Waals surface area contributed by atoms with Crippen LogP contribution in [0.1, 0.15) is 22.8 Å². The average molecular weight is 446 g/mol. The number of nitrogens with zero attached hydrogens (tertiary/aromatic N) is 1. The first-order valence-electron chi connectivity index (χ1n) is 10.6. The van der Waals surface area contributed by atoms with E-state index in [0.717, 1.165) is 5.56 Å². The molecule has 0 bridgehead atoms. The smallest absolute Gasteiger partial charge is 0.336 e.